The zero-order chi connectivity index (χ0) is 16.2. The number of hydrogen-bond donors (Lipinski definition) is 2. The Kier molecular flexibility index (Phi) is 4.14. The van der Waals surface area contributed by atoms with Gasteiger partial charge in [0.1, 0.15) is 12.3 Å². The molecule has 0 atom stereocenters. The number of aromatic amines is 1. The van der Waals surface area contributed by atoms with E-state index < -0.39 is 0 Å². The Morgan fingerprint density at radius 3 is 2.65 bits per heavy atom. The first kappa shape index (κ1) is 14.9. The van der Waals surface area contributed by atoms with E-state index in [2.05, 4.69) is 10.3 Å². The van der Waals surface area contributed by atoms with E-state index in [0.29, 0.717) is 23.3 Å². The second-order valence-electron chi connectivity index (χ2n) is 5.04. The summed E-state index contributed by atoms with van der Waals surface area (Å²) in [5.74, 6) is 0.486. The van der Waals surface area contributed by atoms with Gasteiger partial charge in [0.2, 0.25) is 5.91 Å². The zero-order valence-electron chi connectivity index (χ0n) is 12.7. The average molecular weight is 311 g/mol. The second kappa shape index (κ2) is 6.39. The van der Waals surface area contributed by atoms with Crippen LogP contribution in [0.3, 0.4) is 0 Å². The van der Waals surface area contributed by atoms with Gasteiger partial charge in [-0.05, 0) is 43.3 Å². The third-order valence-electron chi connectivity index (χ3n) is 3.43. The van der Waals surface area contributed by atoms with Gasteiger partial charge in [-0.25, -0.2) is 4.79 Å². The van der Waals surface area contributed by atoms with E-state index in [1.165, 1.54) is 4.57 Å². The fraction of sp³-hybridized carbons (Fsp3) is 0.176. The molecule has 0 saturated heterocycles. The SMILES string of the molecule is CCOc1ccc(NC(=O)Cn2c(=O)[nH]c3ccccc32)cc1. The number of nitrogens with one attached hydrogen (secondary N) is 2. The fourth-order valence-electron chi connectivity index (χ4n) is 2.41. The van der Waals surface area contributed by atoms with Gasteiger partial charge >= 0.3 is 5.69 Å². The van der Waals surface area contributed by atoms with E-state index in [0.717, 1.165) is 5.75 Å². The number of benzene rings is 2. The molecule has 0 bridgehead atoms. The molecule has 3 rings (SSSR count). The molecule has 0 fully saturated rings. The van der Waals surface area contributed by atoms with Crippen molar-refractivity contribution in [3.63, 3.8) is 0 Å². The molecule has 0 unspecified atom stereocenters. The maximum Gasteiger partial charge on any atom is 0.326 e. The van der Waals surface area contributed by atoms with Gasteiger partial charge in [0.25, 0.3) is 0 Å². The molecule has 2 aromatic carbocycles. The van der Waals surface area contributed by atoms with Crippen LogP contribution in [0.5, 0.6) is 5.75 Å². The van der Waals surface area contributed by atoms with Crippen LogP contribution in [0.25, 0.3) is 11.0 Å². The minimum absolute atomic E-state index is 0.0456. The lowest BCUT2D eigenvalue weighted by atomic mass is 10.3. The number of hydrogen-bond acceptors (Lipinski definition) is 3. The second-order valence-corrected chi connectivity index (χ2v) is 5.04. The van der Waals surface area contributed by atoms with E-state index >= 15 is 0 Å². The van der Waals surface area contributed by atoms with Gasteiger partial charge in [0.15, 0.2) is 0 Å². The van der Waals surface area contributed by atoms with Crippen molar-refractivity contribution in [1.29, 1.82) is 0 Å². The first-order chi connectivity index (χ1) is 11.2. The van der Waals surface area contributed by atoms with Crippen molar-refractivity contribution in [3.8, 4) is 5.75 Å². The highest BCUT2D eigenvalue weighted by molar-refractivity contribution is 5.91. The van der Waals surface area contributed by atoms with Crippen LogP contribution in [0.2, 0.25) is 0 Å². The van der Waals surface area contributed by atoms with E-state index in [4.69, 9.17) is 4.74 Å². The molecule has 0 aliphatic carbocycles. The Labute approximate surface area is 132 Å². The standard InChI is InChI=1S/C17H17N3O3/c1-2-23-13-9-7-12(8-10-13)18-16(21)11-20-15-6-4-3-5-14(15)19-17(20)22/h3-10H,2,11H2,1H3,(H,18,21)(H,19,22). The predicted octanol–water partition coefficient (Wildman–Crippen LogP) is 2.37. The maximum absolute atomic E-state index is 12.2. The summed E-state index contributed by atoms with van der Waals surface area (Å²) in [5, 5.41) is 2.77. The Balaban J connectivity index is 1.73. The number of carbonyl (C=O) groups is 1. The molecule has 1 aromatic heterocycles. The van der Waals surface area contributed by atoms with Crippen LogP contribution in [0.1, 0.15) is 6.92 Å². The molecule has 0 spiro atoms. The number of ether oxygens (including phenoxy) is 1. The van der Waals surface area contributed by atoms with E-state index in [-0.39, 0.29) is 18.1 Å². The molecule has 2 N–H and O–H groups in total. The molecule has 6 nitrogen and oxygen atoms in total. The number of rotatable bonds is 5. The predicted molar refractivity (Wildman–Crippen MR) is 88.8 cm³/mol. The summed E-state index contributed by atoms with van der Waals surface area (Å²) in [5.41, 5.74) is 1.78. The Hall–Kier alpha value is -3.02. The summed E-state index contributed by atoms with van der Waals surface area (Å²) in [6, 6.07) is 14.4. The third-order valence-corrected chi connectivity index (χ3v) is 3.43. The molecule has 0 saturated carbocycles. The van der Waals surface area contributed by atoms with Crippen molar-refractivity contribution in [2.24, 2.45) is 0 Å². The molecular formula is C17H17N3O3. The lowest BCUT2D eigenvalue weighted by Crippen LogP contribution is -2.25. The number of H-pyrrole nitrogens is 1. The molecule has 118 valence electrons. The number of fused-ring (bicyclic) bond motifs is 1. The quantitative estimate of drug-likeness (QED) is 0.759. The lowest BCUT2D eigenvalue weighted by molar-refractivity contribution is -0.116. The minimum Gasteiger partial charge on any atom is -0.494 e. The summed E-state index contributed by atoms with van der Waals surface area (Å²) >= 11 is 0. The minimum atomic E-state index is -0.298. The van der Waals surface area contributed by atoms with Crippen LogP contribution in [0.4, 0.5) is 5.69 Å². The van der Waals surface area contributed by atoms with Crippen LogP contribution >= 0.6 is 0 Å². The van der Waals surface area contributed by atoms with E-state index in [1.807, 2.05) is 19.1 Å². The van der Waals surface area contributed by atoms with Gasteiger partial charge in [0.05, 0.1) is 17.6 Å². The van der Waals surface area contributed by atoms with Crippen LogP contribution < -0.4 is 15.7 Å². The third kappa shape index (κ3) is 3.26. The molecule has 23 heavy (non-hydrogen) atoms. The molecular weight excluding hydrogens is 294 g/mol. The van der Waals surface area contributed by atoms with Gasteiger partial charge in [-0.3, -0.25) is 9.36 Å². The summed E-state index contributed by atoms with van der Waals surface area (Å²) in [6.07, 6.45) is 0. The molecule has 6 heteroatoms. The number of amides is 1. The zero-order valence-corrected chi connectivity index (χ0v) is 12.7. The Morgan fingerprint density at radius 1 is 1.17 bits per heavy atom. The fourth-order valence-corrected chi connectivity index (χ4v) is 2.41. The number of para-hydroxylation sites is 2. The molecule has 1 amide bonds. The molecule has 1 heterocycles. The van der Waals surface area contributed by atoms with Crippen molar-refractivity contribution in [2.75, 3.05) is 11.9 Å². The van der Waals surface area contributed by atoms with Gasteiger partial charge in [-0.1, -0.05) is 12.1 Å². The van der Waals surface area contributed by atoms with Crippen LogP contribution in [0.15, 0.2) is 53.3 Å². The smallest absolute Gasteiger partial charge is 0.326 e. The van der Waals surface area contributed by atoms with Crippen molar-refractivity contribution < 1.29 is 9.53 Å². The van der Waals surface area contributed by atoms with Gasteiger partial charge in [-0.2, -0.15) is 0 Å². The summed E-state index contributed by atoms with van der Waals surface area (Å²) in [6.45, 7) is 2.46. The molecule has 3 aromatic rings. The Morgan fingerprint density at radius 2 is 1.91 bits per heavy atom. The van der Waals surface area contributed by atoms with Gasteiger partial charge in [0, 0.05) is 5.69 Å². The number of imidazole rings is 1. The topological polar surface area (TPSA) is 76.1 Å². The van der Waals surface area contributed by atoms with Crippen molar-refractivity contribution in [2.45, 2.75) is 13.5 Å². The Bertz CT molecular complexity index is 878. The largest absolute Gasteiger partial charge is 0.494 e. The van der Waals surface area contributed by atoms with Crippen molar-refractivity contribution in [3.05, 3.63) is 59.0 Å². The molecule has 0 radical (unpaired) electrons. The number of anilines is 1. The number of carbonyl (C=O) groups excluding carboxylic acids is 1. The molecule has 0 aliphatic heterocycles. The normalized spacial score (nSPS) is 10.7. The number of aromatic nitrogens is 2. The van der Waals surface area contributed by atoms with Crippen LogP contribution in [-0.4, -0.2) is 22.1 Å². The highest BCUT2D eigenvalue weighted by Gasteiger charge is 2.10. The highest BCUT2D eigenvalue weighted by Crippen LogP contribution is 2.16. The monoisotopic (exact) mass is 311 g/mol. The highest BCUT2D eigenvalue weighted by atomic mass is 16.5. The van der Waals surface area contributed by atoms with Crippen LogP contribution in [-0.2, 0) is 11.3 Å². The summed E-state index contributed by atoms with van der Waals surface area (Å²) in [7, 11) is 0. The van der Waals surface area contributed by atoms with Crippen LogP contribution in [0, 0.1) is 0 Å². The average Bonchev–Trinajstić information content (AvgIpc) is 2.85. The van der Waals surface area contributed by atoms with Gasteiger partial charge < -0.3 is 15.0 Å². The number of nitrogens with zero attached hydrogens (tertiary/aromatic N) is 1. The molecule has 0 aliphatic rings. The first-order valence-corrected chi connectivity index (χ1v) is 7.37. The summed E-state index contributed by atoms with van der Waals surface area (Å²) < 4.78 is 6.77. The van der Waals surface area contributed by atoms with Crippen molar-refractivity contribution >= 4 is 22.6 Å². The lowest BCUT2D eigenvalue weighted by Gasteiger charge is -2.08. The van der Waals surface area contributed by atoms with Crippen molar-refractivity contribution in [1.82, 2.24) is 9.55 Å². The maximum atomic E-state index is 12.2. The first-order valence-electron chi connectivity index (χ1n) is 7.37. The van der Waals surface area contributed by atoms with Gasteiger partial charge in [-0.15, -0.1) is 0 Å². The van der Waals surface area contributed by atoms with E-state index in [9.17, 15) is 9.59 Å². The summed E-state index contributed by atoms with van der Waals surface area (Å²) in [4.78, 5) is 26.9. The van der Waals surface area contributed by atoms with E-state index in [1.54, 1.807) is 36.4 Å².